The van der Waals surface area contributed by atoms with Crippen molar-refractivity contribution in [1.29, 1.82) is 0 Å². The minimum atomic E-state index is -0.246. The number of aromatic nitrogens is 2. The largest absolute Gasteiger partial charge is 0.490 e. The molecule has 174 valence electrons. The van der Waals surface area contributed by atoms with E-state index in [1.165, 1.54) is 0 Å². The molecule has 0 atom stereocenters. The van der Waals surface area contributed by atoms with Gasteiger partial charge >= 0.3 is 0 Å². The molecular formula is C26H33N5O2. The summed E-state index contributed by atoms with van der Waals surface area (Å²) in [5.41, 5.74) is 3.21. The van der Waals surface area contributed by atoms with Gasteiger partial charge in [0.25, 0.3) is 5.91 Å². The lowest BCUT2D eigenvalue weighted by atomic mass is 9.87. The molecule has 1 amide bonds. The molecule has 3 aromatic rings. The van der Waals surface area contributed by atoms with Gasteiger partial charge in [-0.2, -0.15) is 0 Å². The molecule has 33 heavy (non-hydrogen) atoms. The summed E-state index contributed by atoms with van der Waals surface area (Å²) < 4.78 is 5.99. The molecule has 0 aliphatic heterocycles. The Hall–Kier alpha value is -3.45. The van der Waals surface area contributed by atoms with Crippen molar-refractivity contribution in [3.63, 3.8) is 0 Å². The molecule has 0 unspecified atom stereocenters. The van der Waals surface area contributed by atoms with Crippen LogP contribution in [-0.2, 0) is 12.0 Å². The lowest BCUT2D eigenvalue weighted by molar-refractivity contribution is 0.102. The van der Waals surface area contributed by atoms with E-state index in [-0.39, 0.29) is 11.3 Å². The second-order valence-electron chi connectivity index (χ2n) is 9.18. The predicted octanol–water partition coefficient (Wildman–Crippen LogP) is 4.58. The number of benzene rings is 1. The van der Waals surface area contributed by atoms with Crippen molar-refractivity contribution in [2.75, 3.05) is 37.9 Å². The first-order chi connectivity index (χ1) is 15.7. The highest BCUT2D eigenvalue weighted by Gasteiger charge is 2.19. The molecule has 0 aliphatic rings. The zero-order valence-electron chi connectivity index (χ0n) is 20.1. The first-order valence-corrected chi connectivity index (χ1v) is 11.1. The van der Waals surface area contributed by atoms with E-state index in [2.05, 4.69) is 46.3 Å². The van der Waals surface area contributed by atoms with Crippen molar-refractivity contribution >= 4 is 17.4 Å². The maximum atomic E-state index is 13.3. The summed E-state index contributed by atoms with van der Waals surface area (Å²) in [6.07, 6.45) is 5.15. The van der Waals surface area contributed by atoms with Gasteiger partial charge in [-0.15, -0.1) is 0 Å². The summed E-state index contributed by atoms with van der Waals surface area (Å²) in [5, 5.41) is 6.31. The van der Waals surface area contributed by atoms with Crippen LogP contribution in [-0.4, -0.2) is 48.0 Å². The molecule has 3 rings (SSSR count). The van der Waals surface area contributed by atoms with Crippen LogP contribution in [0.5, 0.6) is 5.75 Å². The SMILES string of the molecule is CN(C)CCOc1ccc(C(C)(C)C)cc1NC(=O)c1cccnc1NCc1ccncc1. The number of ether oxygens (including phenoxy) is 1. The van der Waals surface area contributed by atoms with E-state index in [1.54, 1.807) is 30.7 Å². The van der Waals surface area contributed by atoms with Crippen LogP contribution in [0.1, 0.15) is 42.3 Å². The van der Waals surface area contributed by atoms with Crippen molar-refractivity contribution in [2.24, 2.45) is 0 Å². The van der Waals surface area contributed by atoms with Gasteiger partial charge in [-0.3, -0.25) is 9.78 Å². The van der Waals surface area contributed by atoms with Gasteiger partial charge < -0.3 is 20.3 Å². The monoisotopic (exact) mass is 447 g/mol. The molecular weight excluding hydrogens is 414 g/mol. The summed E-state index contributed by atoms with van der Waals surface area (Å²) in [4.78, 5) is 23.7. The fourth-order valence-electron chi connectivity index (χ4n) is 3.16. The molecule has 0 saturated heterocycles. The fraction of sp³-hybridized carbons (Fsp3) is 0.346. The van der Waals surface area contributed by atoms with Crippen molar-refractivity contribution in [2.45, 2.75) is 32.7 Å². The van der Waals surface area contributed by atoms with Gasteiger partial charge in [0.05, 0.1) is 11.3 Å². The maximum Gasteiger partial charge on any atom is 0.259 e. The lowest BCUT2D eigenvalue weighted by Crippen LogP contribution is -2.21. The minimum Gasteiger partial charge on any atom is -0.490 e. The Morgan fingerprint density at radius 2 is 1.82 bits per heavy atom. The second-order valence-corrected chi connectivity index (χ2v) is 9.18. The maximum absolute atomic E-state index is 13.3. The lowest BCUT2D eigenvalue weighted by Gasteiger charge is -2.22. The van der Waals surface area contributed by atoms with Crippen LogP contribution in [0.15, 0.2) is 61.1 Å². The average Bonchev–Trinajstić information content (AvgIpc) is 2.78. The van der Waals surface area contributed by atoms with Gasteiger partial charge in [0.2, 0.25) is 0 Å². The summed E-state index contributed by atoms with van der Waals surface area (Å²) in [6, 6.07) is 13.3. The van der Waals surface area contributed by atoms with Crippen molar-refractivity contribution in [3.05, 3.63) is 77.7 Å². The minimum absolute atomic E-state index is 0.0623. The summed E-state index contributed by atoms with van der Waals surface area (Å²) in [6.45, 7) is 8.27. The molecule has 0 aliphatic carbocycles. The van der Waals surface area contributed by atoms with Crippen molar-refractivity contribution < 1.29 is 9.53 Å². The Bertz CT molecular complexity index is 1060. The van der Waals surface area contributed by atoms with E-state index >= 15 is 0 Å². The molecule has 0 fully saturated rings. The van der Waals surface area contributed by atoms with E-state index in [4.69, 9.17) is 4.74 Å². The molecule has 0 spiro atoms. The zero-order valence-corrected chi connectivity index (χ0v) is 20.1. The molecule has 2 N–H and O–H groups in total. The molecule has 2 heterocycles. The highest BCUT2D eigenvalue weighted by Crippen LogP contribution is 2.32. The normalized spacial score (nSPS) is 11.3. The van der Waals surface area contributed by atoms with Gasteiger partial charge in [-0.25, -0.2) is 4.98 Å². The number of likely N-dealkylation sites (N-methyl/N-ethyl adjacent to an activating group) is 1. The number of carbonyl (C=O) groups excluding carboxylic acids is 1. The highest BCUT2D eigenvalue weighted by molar-refractivity contribution is 6.08. The van der Waals surface area contributed by atoms with Crippen LogP contribution in [0.25, 0.3) is 0 Å². The third-order valence-electron chi connectivity index (χ3n) is 5.15. The van der Waals surface area contributed by atoms with E-state index < -0.39 is 0 Å². The standard InChI is InChI=1S/C26H33N5O2/c1-26(2,3)20-8-9-23(33-16-15-31(4)5)22(17-20)30-25(32)21-7-6-12-28-24(21)29-18-19-10-13-27-14-11-19/h6-14,17H,15-16,18H2,1-5H3,(H,28,29)(H,30,32). The van der Waals surface area contributed by atoms with Gasteiger partial charge in [0, 0.05) is 31.7 Å². The number of pyridine rings is 2. The first kappa shape index (κ1) is 24.2. The molecule has 2 aromatic heterocycles. The van der Waals surface area contributed by atoms with E-state index in [0.29, 0.717) is 36.0 Å². The van der Waals surface area contributed by atoms with E-state index in [9.17, 15) is 4.79 Å². The zero-order chi connectivity index (χ0) is 23.8. The van der Waals surface area contributed by atoms with Gasteiger partial charge in [-0.1, -0.05) is 26.8 Å². The Kier molecular flexibility index (Phi) is 8.01. The summed E-state index contributed by atoms with van der Waals surface area (Å²) >= 11 is 0. The highest BCUT2D eigenvalue weighted by atomic mass is 16.5. The molecule has 7 heteroatoms. The number of anilines is 2. The van der Waals surface area contributed by atoms with Crippen LogP contribution in [0.3, 0.4) is 0 Å². The van der Waals surface area contributed by atoms with Gasteiger partial charge in [-0.05, 0) is 67.0 Å². The van der Waals surface area contributed by atoms with Crippen molar-refractivity contribution in [3.8, 4) is 5.75 Å². The third kappa shape index (κ3) is 7.02. The number of amides is 1. The summed E-state index contributed by atoms with van der Waals surface area (Å²) in [7, 11) is 4.00. The molecule has 1 aromatic carbocycles. The topological polar surface area (TPSA) is 79.4 Å². The van der Waals surface area contributed by atoms with Crippen LogP contribution in [0.2, 0.25) is 0 Å². The van der Waals surface area contributed by atoms with Crippen LogP contribution >= 0.6 is 0 Å². The van der Waals surface area contributed by atoms with E-state index in [1.807, 2.05) is 44.4 Å². The smallest absolute Gasteiger partial charge is 0.259 e. The summed E-state index contributed by atoms with van der Waals surface area (Å²) in [5.74, 6) is 0.922. The van der Waals surface area contributed by atoms with Gasteiger partial charge in [0.1, 0.15) is 18.2 Å². The number of hydrogen-bond acceptors (Lipinski definition) is 6. The first-order valence-electron chi connectivity index (χ1n) is 11.1. The van der Waals surface area contributed by atoms with Crippen molar-refractivity contribution in [1.82, 2.24) is 14.9 Å². The Balaban J connectivity index is 1.82. The molecule has 7 nitrogen and oxygen atoms in total. The Morgan fingerprint density at radius 1 is 1.06 bits per heavy atom. The van der Waals surface area contributed by atoms with Crippen LogP contribution < -0.4 is 15.4 Å². The number of carbonyl (C=O) groups is 1. The van der Waals surface area contributed by atoms with E-state index in [0.717, 1.165) is 17.7 Å². The number of rotatable bonds is 9. The van der Waals surface area contributed by atoms with Gasteiger partial charge in [0.15, 0.2) is 0 Å². The second kappa shape index (κ2) is 10.9. The Morgan fingerprint density at radius 3 is 2.52 bits per heavy atom. The Labute approximate surface area is 196 Å². The quantitative estimate of drug-likeness (QED) is 0.500. The average molecular weight is 448 g/mol. The predicted molar refractivity (Wildman–Crippen MR) is 133 cm³/mol. The van der Waals surface area contributed by atoms with Crippen LogP contribution in [0, 0.1) is 0 Å². The number of hydrogen-bond donors (Lipinski definition) is 2. The fourth-order valence-corrected chi connectivity index (χ4v) is 3.16. The third-order valence-corrected chi connectivity index (χ3v) is 5.15. The number of nitrogens with one attached hydrogen (secondary N) is 2. The molecule has 0 bridgehead atoms. The molecule has 0 radical (unpaired) electrons. The number of nitrogens with zero attached hydrogens (tertiary/aromatic N) is 3. The van der Waals surface area contributed by atoms with Crippen LogP contribution in [0.4, 0.5) is 11.5 Å². The molecule has 0 saturated carbocycles.